The SMILES string of the molecule is CCCCCCCCOc1c/c(=N/C(=S)NC)cnn1-c1ccccc1. The molecule has 2 rings (SSSR count). The molecule has 1 N–H and O–H groups in total. The summed E-state index contributed by atoms with van der Waals surface area (Å²) in [5.41, 5.74) is 0.952. The number of hydrogen-bond acceptors (Lipinski definition) is 3. The average molecular weight is 373 g/mol. The van der Waals surface area contributed by atoms with Crippen molar-refractivity contribution in [2.24, 2.45) is 4.99 Å². The quantitative estimate of drug-likeness (QED) is 0.534. The highest BCUT2D eigenvalue weighted by Gasteiger charge is 2.06. The van der Waals surface area contributed by atoms with Crippen LogP contribution >= 0.6 is 12.2 Å². The van der Waals surface area contributed by atoms with Crippen molar-refractivity contribution in [1.82, 2.24) is 15.1 Å². The van der Waals surface area contributed by atoms with Crippen LogP contribution in [0.2, 0.25) is 0 Å². The van der Waals surface area contributed by atoms with E-state index in [1.54, 1.807) is 17.9 Å². The molecule has 1 heterocycles. The molecule has 26 heavy (non-hydrogen) atoms. The summed E-state index contributed by atoms with van der Waals surface area (Å²) >= 11 is 5.11. The summed E-state index contributed by atoms with van der Waals surface area (Å²) < 4.78 is 7.82. The predicted molar refractivity (Wildman–Crippen MR) is 110 cm³/mol. The topological polar surface area (TPSA) is 51.4 Å². The molecule has 2 aromatic rings. The summed E-state index contributed by atoms with van der Waals surface area (Å²) in [6.45, 7) is 2.90. The molecule has 0 aliphatic rings. The number of nitrogens with zero attached hydrogens (tertiary/aromatic N) is 3. The number of para-hydroxylation sites is 1. The number of nitrogens with one attached hydrogen (secondary N) is 1. The van der Waals surface area contributed by atoms with Crippen molar-refractivity contribution in [3.05, 3.63) is 48.0 Å². The van der Waals surface area contributed by atoms with E-state index in [-0.39, 0.29) is 0 Å². The number of benzene rings is 1. The Kier molecular flexibility index (Phi) is 8.83. The van der Waals surface area contributed by atoms with Crippen LogP contribution in [0.3, 0.4) is 0 Å². The van der Waals surface area contributed by atoms with Gasteiger partial charge in [0.25, 0.3) is 0 Å². The summed E-state index contributed by atoms with van der Waals surface area (Å²) in [5, 5.41) is 8.43. The van der Waals surface area contributed by atoms with Gasteiger partial charge in [-0.05, 0) is 30.8 Å². The molecular formula is C20H28N4OS. The Hall–Kier alpha value is -2.21. The van der Waals surface area contributed by atoms with Gasteiger partial charge in [0, 0.05) is 13.1 Å². The molecule has 0 aliphatic heterocycles. The van der Waals surface area contributed by atoms with Gasteiger partial charge in [-0.25, -0.2) is 9.67 Å². The minimum Gasteiger partial charge on any atom is -0.478 e. The number of ether oxygens (including phenoxy) is 1. The normalized spacial score (nSPS) is 11.4. The van der Waals surface area contributed by atoms with Crippen molar-refractivity contribution in [3.63, 3.8) is 0 Å². The van der Waals surface area contributed by atoms with Gasteiger partial charge in [-0.3, -0.25) is 0 Å². The molecule has 0 saturated carbocycles. The Morgan fingerprint density at radius 3 is 2.62 bits per heavy atom. The molecule has 0 unspecified atom stereocenters. The summed E-state index contributed by atoms with van der Waals surface area (Å²) in [6.07, 6.45) is 9.06. The fourth-order valence-corrected chi connectivity index (χ4v) is 2.66. The van der Waals surface area contributed by atoms with E-state index in [1.165, 1.54) is 32.1 Å². The third-order valence-corrected chi connectivity index (χ3v) is 4.27. The molecule has 0 saturated heterocycles. The molecule has 0 fully saturated rings. The molecular weight excluding hydrogens is 344 g/mol. The molecule has 0 aliphatic carbocycles. The first-order valence-corrected chi connectivity index (χ1v) is 9.69. The van der Waals surface area contributed by atoms with Gasteiger partial charge >= 0.3 is 0 Å². The fourth-order valence-electron chi connectivity index (χ4n) is 2.56. The van der Waals surface area contributed by atoms with Gasteiger partial charge in [-0.2, -0.15) is 5.10 Å². The first kappa shape index (κ1) is 20.1. The van der Waals surface area contributed by atoms with E-state index in [4.69, 9.17) is 17.0 Å². The third kappa shape index (κ3) is 6.59. The Morgan fingerprint density at radius 2 is 1.88 bits per heavy atom. The molecule has 0 amide bonds. The zero-order valence-electron chi connectivity index (χ0n) is 15.6. The summed E-state index contributed by atoms with van der Waals surface area (Å²) in [7, 11) is 1.75. The largest absolute Gasteiger partial charge is 0.478 e. The van der Waals surface area contributed by atoms with Crippen LogP contribution in [-0.2, 0) is 0 Å². The van der Waals surface area contributed by atoms with Crippen LogP contribution in [0.25, 0.3) is 5.69 Å². The van der Waals surface area contributed by atoms with E-state index in [0.29, 0.717) is 23.0 Å². The van der Waals surface area contributed by atoms with Gasteiger partial charge in [-0.1, -0.05) is 57.2 Å². The molecule has 140 valence electrons. The van der Waals surface area contributed by atoms with Crippen LogP contribution in [0.15, 0.2) is 47.6 Å². The van der Waals surface area contributed by atoms with Crippen molar-refractivity contribution < 1.29 is 4.74 Å². The lowest BCUT2D eigenvalue weighted by Crippen LogP contribution is -2.19. The van der Waals surface area contributed by atoms with Gasteiger partial charge in [-0.15, -0.1) is 0 Å². The molecule has 0 bridgehead atoms. The molecule has 5 nitrogen and oxygen atoms in total. The summed E-state index contributed by atoms with van der Waals surface area (Å²) in [4.78, 5) is 4.32. The highest BCUT2D eigenvalue weighted by Crippen LogP contribution is 2.15. The first-order chi connectivity index (χ1) is 12.7. The number of unbranched alkanes of at least 4 members (excludes halogenated alkanes) is 5. The maximum atomic E-state index is 6.03. The minimum atomic E-state index is 0.422. The van der Waals surface area contributed by atoms with E-state index in [9.17, 15) is 0 Å². The van der Waals surface area contributed by atoms with Crippen LogP contribution in [-0.4, -0.2) is 28.5 Å². The molecule has 0 atom stereocenters. The van der Waals surface area contributed by atoms with E-state index in [2.05, 4.69) is 22.3 Å². The van der Waals surface area contributed by atoms with Crippen molar-refractivity contribution in [2.75, 3.05) is 13.7 Å². The lowest BCUT2D eigenvalue weighted by Gasteiger charge is -2.13. The molecule has 0 spiro atoms. The second-order valence-corrected chi connectivity index (χ2v) is 6.47. The summed E-state index contributed by atoms with van der Waals surface area (Å²) in [5.74, 6) is 0.671. The van der Waals surface area contributed by atoms with E-state index < -0.39 is 0 Å². The Balaban J connectivity index is 2.10. The Labute approximate surface area is 161 Å². The van der Waals surface area contributed by atoms with Crippen molar-refractivity contribution in [2.45, 2.75) is 45.4 Å². The first-order valence-electron chi connectivity index (χ1n) is 9.28. The van der Waals surface area contributed by atoms with E-state index in [1.807, 2.05) is 36.4 Å². The van der Waals surface area contributed by atoms with Gasteiger partial charge in [0.2, 0.25) is 5.88 Å². The second kappa shape index (κ2) is 11.4. The fraction of sp³-hybridized carbons (Fsp3) is 0.450. The van der Waals surface area contributed by atoms with E-state index >= 15 is 0 Å². The van der Waals surface area contributed by atoms with Crippen LogP contribution in [0.1, 0.15) is 45.4 Å². The maximum absolute atomic E-state index is 6.03. The van der Waals surface area contributed by atoms with Crippen LogP contribution < -0.4 is 15.4 Å². The third-order valence-electron chi connectivity index (χ3n) is 3.98. The zero-order valence-corrected chi connectivity index (χ0v) is 16.5. The molecule has 1 aromatic heterocycles. The van der Waals surface area contributed by atoms with Crippen LogP contribution in [0.4, 0.5) is 0 Å². The number of aromatic nitrogens is 2. The number of rotatable bonds is 9. The maximum Gasteiger partial charge on any atom is 0.217 e. The Bertz CT molecular complexity index is 743. The lowest BCUT2D eigenvalue weighted by atomic mass is 10.1. The minimum absolute atomic E-state index is 0.422. The smallest absolute Gasteiger partial charge is 0.217 e. The van der Waals surface area contributed by atoms with E-state index in [0.717, 1.165) is 12.1 Å². The molecule has 6 heteroatoms. The highest BCUT2D eigenvalue weighted by molar-refractivity contribution is 7.80. The Morgan fingerprint density at radius 1 is 1.15 bits per heavy atom. The predicted octanol–water partition coefficient (Wildman–Crippen LogP) is 4.02. The standard InChI is InChI=1S/C20H28N4OS/c1-3-4-5-6-7-11-14-25-19-15-17(23-20(26)21-2)16-22-24(19)18-12-9-8-10-13-18/h8-10,12-13,15-16H,3-7,11,14H2,1-2H3,(H,21,26)/b23-17-. The van der Waals surface area contributed by atoms with Gasteiger partial charge < -0.3 is 10.1 Å². The van der Waals surface area contributed by atoms with Crippen molar-refractivity contribution in [1.29, 1.82) is 0 Å². The lowest BCUT2D eigenvalue weighted by molar-refractivity contribution is 0.280. The summed E-state index contributed by atoms with van der Waals surface area (Å²) in [6, 6.07) is 11.8. The number of thiocarbonyl (C=S) groups is 1. The van der Waals surface area contributed by atoms with Crippen LogP contribution in [0, 0.1) is 0 Å². The highest BCUT2D eigenvalue weighted by atomic mass is 32.1. The average Bonchev–Trinajstić information content (AvgIpc) is 2.68. The second-order valence-electron chi connectivity index (χ2n) is 6.08. The van der Waals surface area contributed by atoms with Crippen molar-refractivity contribution in [3.8, 4) is 11.6 Å². The van der Waals surface area contributed by atoms with Gasteiger partial charge in [0.05, 0.1) is 23.8 Å². The van der Waals surface area contributed by atoms with Crippen LogP contribution in [0.5, 0.6) is 5.88 Å². The molecule has 1 aromatic carbocycles. The van der Waals surface area contributed by atoms with Gasteiger partial charge in [0.1, 0.15) is 0 Å². The monoisotopic (exact) mass is 372 g/mol. The van der Waals surface area contributed by atoms with Crippen molar-refractivity contribution >= 4 is 17.3 Å². The van der Waals surface area contributed by atoms with Gasteiger partial charge in [0.15, 0.2) is 5.11 Å². The zero-order chi connectivity index (χ0) is 18.6. The number of hydrogen-bond donors (Lipinski definition) is 1. The molecule has 0 radical (unpaired) electrons.